The summed E-state index contributed by atoms with van der Waals surface area (Å²) in [5, 5.41) is 10.8. The average Bonchev–Trinajstić information content (AvgIpc) is 2.45. The van der Waals surface area contributed by atoms with Gasteiger partial charge in [0, 0.05) is 12.1 Å². The first-order valence-corrected chi connectivity index (χ1v) is 6.03. The number of non-ortho nitro benzene ring substituents is 1. The SMILES string of the molecule is O=[N+]([O-])c1cc(-c2ccccc2C(F)(F)F)cc(C(F)(F)F)c1. The second-order valence-electron chi connectivity index (χ2n) is 4.57. The molecule has 0 heterocycles. The molecule has 0 aliphatic rings. The van der Waals surface area contributed by atoms with Crippen molar-refractivity contribution in [3.63, 3.8) is 0 Å². The monoisotopic (exact) mass is 335 g/mol. The Morgan fingerprint density at radius 3 is 2.00 bits per heavy atom. The Labute approximate surface area is 125 Å². The van der Waals surface area contributed by atoms with E-state index in [-0.39, 0.29) is 6.07 Å². The highest BCUT2D eigenvalue weighted by Crippen LogP contribution is 2.40. The number of hydrogen-bond acceptors (Lipinski definition) is 2. The molecule has 0 aromatic heterocycles. The number of rotatable bonds is 2. The van der Waals surface area contributed by atoms with Crippen LogP contribution in [0.15, 0.2) is 42.5 Å². The van der Waals surface area contributed by atoms with Crippen LogP contribution in [-0.2, 0) is 12.4 Å². The molecule has 2 aromatic rings. The lowest BCUT2D eigenvalue weighted by molar-refractivity contribution is -0.385. The van der Waals surface area contributed by atoms with E-state index in [1.165, 1.54) is 6.07 Å². The van der Waals surface area contributed by atoms with Crippen LogP contribution in [0.1, 0.15) is 11.1 Å². The van der Waals surface area contributed by atoms with E-state index in [4.69, 9.17) is 0 Å². The average molecular weight is 335 g/mol. The van der Waals surface area contributed by atoms with Gasteiger partial charge in [-0.25, -0.2) is 0 Å². The standard InChI is InChI=1S/C14H7F6NO2/c15-13(16,17)9-5-8(6-10(7-9)21(22)23)11-3-1-2-4-12(11)14(18,19)20/h1-7H. The van der Waals surface area contributed by atoms with Crippen molar-refractivity contribution in [1.82, 2.24) is 0 Å². The fourth-order valence-corrected chi connectivity index (χ4v) is 2.02. The molecule has 23 heavy (non-hydrogen) atoms. The molecule has 0 N–H and O–H groups in total. The van der Waals surface area contributed by atoms with Gasteiger partial charge < -0.3 is 0 Å². The molecule has 0 saturated carbocycles. The summed E-state index contributed by atoms with van der Waals surface area (Å²) in [4.78, 5) is 9.67. The third-order valence-electron chi connectivity index (χ3n) is 3.00. The van der Waals surface area contributed by atoms with E-state index in [0.29, 0.717) is 18.2 Å². The maximum atomic E-state index is 13.0. The lowest BCUT2D eigenvalue weighted by Gasteiger charge is -2.14. The molecule has 0 saturated heterocycles. The summed E-state index contributed by atoms with van der Waals surface area (Å²) in [5.74, 6) is 0. The van der Waals surface area contributed by atoms with Crippen LogP contribution in [0.5, 0.6) is 0 Å². The van der Waals surface area contributed by atoms with E-state index in [1.807, 2.05) is 0 Å². The normalized spacial score (nSPS) is 12.3. The quantitative estimate of drug-likeness (QED) is 0.425. The summed E-state index contributed by atoms with van der Waals surface area (Å²) in [6.45, 7) is 0. The Hall–Kier alpha value is -2.58. The summed E-state index contributed by atoms with van der Waals surface area (Å²) in [7, 11) is 0. The lowest BCUT2D eigenvalue weighted by atomic mass is 9.97. The van der Waals surface area contributed by atoms with Gasteiger partial charge in [0.1, 0.15) is 0 Å². The first-order chi connectivity index (χ1) is 10.5. The minimum atomic E-state index is -4.92. The van der Waals surface area contributed by atoms with Crippen molar-refractivity contribution < 1.29 is 31.3 Å². The van der Waals surface area contributed by atoms with Gasteiger partial charge in [0.05, 0.1) is 16.1 Å². The summed E-state index contributed by atoms with van der Waals surface area (Å²) in [6, 6.07) is 5.35. The van der Waals surface area contributed by atoms with Gasteiger partial charge in [0.15, 0.2) is 0 Å². The molecule has 0 bridgehead atoms. The number of nitro benzene ring substituents is 1. The molecule has 0 atom stereocenters. The zero-order valence-corrected chi connectivity index (χ0v) is 11.1. The fourth-order valence-electron chi connectivity index (χ4n) is 2.02. The number of hydrogen-bond donors (Lipinski definition) is 0. The molecule has 0 aliphatic carbocycles. The van der Waals surface area contributed by atoms with Gasteiger partial charge in [-0.15, -0.1) is 0 Å². The Balaban J connectivity index is 2.74. The van der Waals surface area contributed by atoms with E-state index < -0.39 is 45.2 Å². The number of nitro groups is 1. The fraction of sp³-hybridized carbons (Fsp3) is 0.143. The van der Waals surface area contributed by atoms with Crippen LogP contribution in [-0.4, -0.2) is 4.92 Å². The van der Waals surface area contributed by atoms with E-state index in [2.05, 4.69) is 0 Å². The minimum Gasteiger partial charge on any atom is -0.258 e. The van der Waals surface area contributed by atoms with Gasteiger partial charge >= 0.3 is 12.4 Å². The number of halogens is 6. The Morgan fingerprint density at radius 1 is 0.870 bits per heavy atom. The predicted molar refractivity (Wildman–Crippen MR) is 68.5 cm³/mol. The van der Waals surface area contributed by atoms with Crippen LogP contribution in [0.4, 0.5) is 32.0 Å². The first kappa shape index (κ1) is 16.8. The zero-order valence-electron chi connectivity index (χ0n) is 11.1. The molecule has 0 spiro atoms. The van der Waals surface area contributed by atoms with E-state index in [9.17, 15) is 36.5 Å². The molecule has 0 aliphatic heterocycles. The highest BCUT2D eigenvalue weighted by atomic mass is 19.4. The summed E-state index contributed by atoms with van der Waals surface area (Å²) in [5.41, 5.74) is -4.59. The largest absolute Gasteiger partial charge is 0.417 e. The van der Waals surface area contributed by atoms with E-state index in [0.717, 1.165) is 12.1 Å². The van der Waals surface area contributed by atoms with Crippen molar-refractivity contribution in [3.05, 3.63) is 63.7 Å². The van der Waals surface area contributed by atoms with Crippen molar-refractivity contribution in [2.75, 3.05) is 0 Å². The van der Waals surface area contributed by atoms with Gasteiger partial charge in [0.25, 0.3) is 5.69 Å². The summed E-state index contributed by atoms with van der Waals surface area (Å²) < 4.78 is 77.4. The molecule has 0 unspecified atom stereocenters. The first-order valence-electron chi connectivity index (χ1n) is 6.03. The molecule has 0 fully saturated rings. The van der Waals surface area contributed by atoms with Crippen LogP contribution in [0.25, 0.3) is 11.1 Å². The third kappa shape index (κ3) is 3.61. The second-order valence-corrected chi connectivity index (χ2v) is 4.57. The number of nitrogens with zero attached hydrogens (tertiary/aromatic N) is 1. The molecule has 0 radical (unpaired) electrons. The maximum absolute atomic E-state index is 13.0. The molecule has 3 nitrogen and oxygen atoms in total. The Kier molecular flexibility index (Phi) is 4.06. The molecular weight excluding hydrogens is 328 g/mol. The van der Waals surface area contributed by atoms with Crippen molar-refractivity contribution in [3.8, 4) is 11.1 Å². The van der Waals surface area contributed by atoms with Gasteiger partial charge in [0.2, 0.25) is 0 Å². The maximum Gasteiger partial charge on any atom is 0.417 e. The lowest BCUT2D eigenvalue weighted by Crippen LogP contribution is -2.09. The highest BCUT2D eigenvalue weighted by Gasteiger charge is 2.36. The van der Waals surface area contributed by atoms with Crippen molar-refractivity contribution >= 4 is 5.69 Å². The van der Waals surface area contributed by atoms with E-state index >= 15 is 0 Å². The van der Waals surface area contributed by atoms with E-state index in [1.54, 1.807) is 0 Å². The molecule has 0 amide bonds. The predicted octanol–water partition coefficient (Wildman–Crippen LogP) is 5.30. The van der Waals surface area contributed by atoms with Crippen molar-refractivity contribution in [2.24, 2.45) is 0 Å². The van der Waals surface area contributed by atoms with Gasteiger partial charge in [-0.3, -0.25) is 10.1 Å². The summed E-state index contributed by atoms with van der Waals surface area (Å²) >= 11 is 0. The number of benzene rings is 2. The Morgan fingerprint density at radius 2 is 1.48 bits per heavy atom. The van der Waals surface area contributed by atoms with Crippen LogP contribution in [0.2, 0.25) is 0 Å². The van der Waals surface area contributed by atoms with Crippen LogP contribution >= 0.6 is 0 Å². The highest BCUT2D eigenvalue weighted by molar-refractivity contribution is 5.71. The molecular formula is C14H7F6NO2. The zero-order chi connectivity index (χ0) is 17.4. The van der Waals surface area contributed by atoms with Crippen molar-refractivity contribution in [2.45, 2.75) is 12.4 Å². The second kappa shape index (κ2) is 5.56. The minimum absolute atomic E-state index is 0.277. The smallest absolute Gasteiger partial charge is 0.258 e. The topological polar surface area (TPSA) is 43.1 Å². The van der Waals surface area contributed by atoms with Gasteiger partial charge in [-0.1, -0.05) is 18.2 Å². The number of alkyl halides is 6. The molecule has 2 rings (SSSR count). The summed E-state index contributed by atoms with van der Waals surface area (Å²) in [6.07, 6.45) is -9.73. The molecule has 2 aromatic carbocycles. The van der Waals surface area contributed by atoms with Gasteiger partial charge in [-0.05, 0) is 23.3 Å². The van der Waals surface area contributed by atoms with Crippen molar-refractivity contribution in [1.29, 1.82) is 0 Å². The van der Waals surface area contributed by atoms with Crippen LogP contribution in [0.3, 0.4) is 0 Å². The molecule has 9 heteroatoms. The molecule has 122 valence electrons. The van der Waals surface area contributed by atoms with Gasteiger partial charge in [-0.2, -0.15) is 26.3 Å². The Bertz CT molecular complexity index is 752. The van der Waals surface area contributed by atoms with Crippen LogP contribution in [0, 0.1) is 10.1 Å². The third-order valence-corrected chi connectivity index (χ3v) is 3.00. The van der Waals surface area contributed by atoms with Crippen LogP contribution < -0.4 is 0 Å².